The molecule has 0 bridgehead atoms. The van der Waals surface area contributed by atoms with Crippen LogP contribution in [0.15, 0.2) is 28.9 Å². The van der Waals surface area contributed by atoms with Crippen molar-refractivity contribution in [1.82, 2.24) is 10.1 Å². The molecule has 0 saturated heterocycles. The lowest BCUT2D eigenvalue weighted by atomic mass is 10.1. The highest BCUT2D eigenvalue weighted by atomic mass is 16.5. The number of phenols is 1. The molecule has 0 atom stereocenters. The summed E-state index contributed by atoms with van der Waals surface area (Å²) in [6.07, 6.45) is 1.18. The number of hydrogen-bond acceptors (Lipinski definition) is 4. The Morgan fingerprint density at radius 3 is 2.95 bits per heavy atom. The number of H-pyrrole nitrogens is 1. The normalized spacial score (nSPS) is 11.0. The third-order valence-electron chi connectivity index (χ3n) is 3.00. The van der Waals surface area contributed by atoms with E-state index in [4.69, 9.17) is 9.63 Å². The fourth-order valence-corrected chi connectivity index (χ4v) is 2.18. The number of aromatic amines is 1. The predicted molar refractivity (Wildman–Crippen MR) is 67.2 cm³/mol. The summed E-state index contributed by atoms with van der Waals surface area (Å²) in [5.74, 6) is -0.748. The number of nitrogens with one attached hydrogen (secondary N) is 1. The van der Waals surface area contributed by atoms with E-state index >= 15 is 0 Å². The molecule has 0 aliphatic heterocycles. The van der Waals surface area contributed by atoms with Gasteiger partial charge in [-0.2, -0.15) is 0 Å². The quantitative estimate of drug-likeness (QED) is 0.656. The molecule has 0 spiro atoms. The number of aromatic nitrogens is 2. The van der Waals surface area contributed by atoms with Crippen molar-refractivity contribution in [3.63, 3.8) is 0 Å². The molecule has 3 rings (SSSR count). The van der Waals surface area contributed by atoms with E-state index in [-0.39, 0.29) is 17.1 Å². The minimum atomic E-state index is -1.09. The molecule has 0 aliphatic carbocycles. The van der Waals surface area contributed by atoms with Crippen LogP contribution < -0.4 is 0 Å². The Morgan fingerprint density at radius 1 is 1.42 bits per heavy atom. The number of hydrogen-bond donors (Lipinski definition) is 3. The molecule has 3 N–H and O–H groups in total. The summed E-state index contributed by atoms with van der Waals surface area (Å²) in [6, 6.07) is 4.82. The molecule has 1 aromatic carbocycles. The second-order valence-electron chi connectivity index (χ2n) is 4.23. The maximum atomic E-state index is 11.1. The molecule has 19 heavy (non-hydrogen) atoms. The van der Waals surface area contributed by atoms with Gasteiger partial charge in [0.1, 0.15) is 11.3 Å². The van der Waals surface area contributed by atoms with Crippen LogP contribution >= 0.6 is 0 Å². The van der Waals surface area contributed by atoms with Crippen LogP contribution in [0.3, 0.4) is 0 Å². The number of phenolic OH excluding ortho intramolecular Hbond substituents is 1. The van der Waals surface area contributed by atoms with Crippen LogP contribution in [0.2, 0.25) is 0 Å². The molecule has 2 aromatic heterocycles. The number of nitrogens with zero attached hydrogens (tertiary/aromatic N) is 1. The van der Waals surface area contributed by atoms with Crippen LogP contribution in [0.25, 0.3) is 22.2 Å². The average Bonchev–Trinajstić information content (AvgIpc) is 2.91. The Balaban J connectivity index is 2.33. The minimum absolute atomic E-state index is 0.0112. The van der Waals surface area contributed by atoms with E-state index in [2.05, 4.69) is 10.1 Å². The van der Waals surface area contributed by atoms with Crippen molar-refractivity contribution < 1.29 is 19.5 Å². The number of benzene rings is 1. The first-order valence-electron chi connectivity index (χ1n) is 5.57. The van der Waals surface area contributed by atoms with Crippen molar-refractivity contribution >= 4 is 16.9 Å². The molecule has 0 fully saturated rings. The van der Waals surface area contributed by atoms with E-state index in [0.717, 1.165) is 11.1 Å². The first-order chi connectivity index (χ1) is 9.08. The van der Waals surface area contributed by atoms with Crippen LogP contribution in [-0.2, 0) is 0 Å². The van der Waals surface area contributed by atoms with Crippen molar-refractivity contribution in [2.45, 2.75) is 6.92 Å². The van der Waals surface area contributed by atoms with Gasteiger partial charge in [0.15, 0.2) is 5.76 Å². The summed E-state index contributed by atoms with van der Waals surface area (Å²) in [5.41, 5.74) is 2.11. The number of aryl methyl sites for hydroxylation is 1. The van der Waals surface area contributed by atoms with E-state index < -0.39 is 5.97 Å². The first-order valence-corrected chi connectivity index (χ1v) is 5.57. The largest absolute Gasteiger partial charge is 0.508 e. The van der Waals surface area contributed by atoms with Gasteiger partial charge in [0, 0.05) is 22.7 Å². The number of carboxylic acid groups (broad SMARTS) is 1. The topological polar surface area (TPSA) is 99.4 Å². The highest BCUT2D eigenvalue weighted by Crippen LogP contribution is 2.35. The molecular formula is C13H10N2O4. The molecular weight excluding hydrogens is 248 g/mol. The van der Waals surface area contributed by atoms with Gasteiger partial charge < -0.3 is 19.7 Å². The zero-order valence-corrected chi connectivity index (χ0v) is 9.97. The Labute approximate surface area is 107 Å². The Kier molecular flexibility index (Phi) is 2.31. The molecule has 3 aromatic rings. The average molecular weight is 258 g/mol. The molecule has 0 amide bonds. The number of aromatic hydroxyl groups is 1. The number of carbonyl (C=O) groups is 1. The fraction of sp³-hybridized carbons (Fsp3) is 0.0769. The lowest BCUT2D eigenvalue weighted by Gasteiger charge is -1.98. The van der Waals surface area contributed by atoms with E-state index in [1.807, 2.05) is 0 Å². The van der Waals surface area contributed by atoms with E-state index in [1.165, 1.54) is 12.3 Å². The maximum Gasteiger partial charge on any atom is 0.341 e. The van der Waals surface area contributed by atoms with Crippen molar-refractivity contribution in [3.05, 3.63) is 35.7 Å². The van der Waals surface area contributed by atoms with E-state index in [0.29, 0.717) is 11.1 Å². The van der Waals surface area contributed by atoms with Crippen molar-refractivity contribution in [2.75, 3.05) is 0 Å². The number of aromatic carboxylic acids is 1. The molecule has 6 nitrogen and oxygen atoms in total. The molecule has 2 heterocycles. The molecule has 0 saturated carbocycles. The van der Waals surface area contributed by atoms with Gasteiger partial charge in [-0.15, -0.1) is 0 Å². The highest BCUT2D eigenvalue weighted by Gasteiger charge is 2.22. The number of carboxylic acids is 1. The summed E-state index contributed by atoms with van der Waals surface area (Å²) in [4.78, 5) is 14.2. The van der Waals surface area contributed by atoms with Crippen molar-refractivity contribution in [1.29, 1.82) is 0 Å². The van der Waals surface area contributed by atoms with Gasteiger partial charge in [-0.3, -0.25) is 0 Å². The molecule has 0 aliphatic rings. The predicted octanol–water partition coefficient (Wildman–Crippen LogP) is 2.54. The molecule has 96 valence electrons. The van der Waals surface area contributed by atoms with Gasteiger partial charge in [0.25, 0.3) is 0 Å². The van der Waals surface area contributed by atoms with Gasteiger partial charge in [0.2, 0.25) is 0 Å². The Bertz CT molecular complexity index is 785. The van der Waals surface area contributed by atoms with Crippen LogP contribution in [0.1, 0.15) is 16.1 Å². The van der Waals surface area contributed by atoms with Gasteiger partial charge in [-0.1, -0.05) is 5.16 Å². The number of fused-ring (bicyclic) bond motifs is 1. The third kappa shape index (κ3) is 1.65. The summed E-state index contributed by atoms with van der Waals surface area (Å²) >= 11 is 0. The number of rotatable bonds is 2. The van der Waals surface area contributed by atoms with Gasteiger partial charge >= 0.3 is 5.97 Å². The van der Waals surface area contributed by atoms with Gasteiger partial charge in [-0.05, 0) is 19.1 Å². The second-order valence-corrected chi connectivity index (χ2v) is 4.23. The summed E-state index contributed by atoms with van der Waals surface area (Å²) < 4.78 is 5.08. The Morgan fingerprint density at radius 2 is 2.21 bits per heavy atom. The van der Waals surface area contributed by atoms with Gasteiger partial charge in [-0.25, -0.2) is 4.79 Å². The SMILES string of the molecule is Cc1[nH]c2cc(O)ccc2c1-c1oncc1C(=O)O. The molecule has 0 radical (unpaired) electrons. The molecule has 6 heteroatoms. The van der Waals surface area contributed by atoms with E-state index in [9.17, 15) is 9.90 Å². The zero-order valence-electron chi connectivity index (χ0n) is 9.97. The maximum absolute atomic E-state index is 11.1. The zero-order chi connectivity index (χ0) is 13.6. The second kappa shape index (κ2) is 3.88. The fourth-order valence-electron chi connectivity index (χ4n) is 2.18. The highest BCUT2D eigenvalue weighted by molar-refractivity contribution is 6.02. The lowest BCUT2D eigenvalue weighted by Crippen LogP contribution is -1.96. The standard InChI is InChI=1S/C13H10N2O4/c1-6-11(12-9(13(17)18)5-14-19-12)8-3-2-7(16)4-10(8)15-6/h2-5,15-16H,1H3,(H,17,18). The first kappa shape index (κ1) is 11.3. The van der Waals surface area contributed by atoms with Crippen LogP contribution in [0.5, 0.6) is 5.75 Å². The van der Waals surface area contributed by atoms with Crippen LogP contribution in [0, 0.1) is 6.92 Å². The van der Waals surface area contributed by atoms with Gasteiger partial charge in [0.05, 0.1) is 11.7 Å². The van der Waals surface area contributed by atoms with Crippen LogP contribution in [0.4, 0.5) is 0 Å². The Hall–Kier alpha value is -2.76. The van der Waals surface area contributed by atoms with E-state index in [1.54, 1.807) is 19.1 Å². The lowest BCUT2D eigenvalue weighted by molar-refractivity contribution is 0.0697. The van der Waals surface area contributed by atoms with Crippen molar-refractivity contribution in [3.8, 4) is 17.1 Å². The summed E-state index contributed by atoms with van der Waals surface area (Å²) in [7, 11) is 0. The van der Waals surface area contributed by atoms with Crippen molar-refractivity contribution in [2.24, 2.45) is 0 Å². The smallest absolute Gasteiger partial charge is 0.341 e. The summed E-state index contributed by atoms with van der Waals surface area (Å²) in [5, 5.41) is 22.9. The molecule has 0 unspecified atom stereocenters. The van der Waals surface area contributed by atoms with Crippen LogP contribution in [-0.4, -0.2) is 26.3 Å². The monoisotopic (exact) mass is 258 g/mol. The third-order valence-corrected chi connectivity index (χ3v) is 3.00. The summed E-state index contributed by atoms with van der Waals surface area (Å²) in [6.45, 7) is 1.81. The minimum Gasteiger partial charge on any atom is -0.508 e.